The Morgan fingerprint density at radius 3 is 2.30 bits per heavy atom. The Kier molecular flexibility index (Phi) is 5.89. The minimum Gasteiger partial charge on any atom is -0.493 e. The Balaban J connectivity index is 1.67. The van der Waals surface area contributed by atoms with E-state index in [1.54, 1.807) is 0 Å². The molecule has 2 aromatic rings. The molecule has 0 bridgehead atoms. The second-order valence-electron chi connectivity index (χ2n) is 4.36. The number of nitrogens with two attached hydrogens (primary N) is 1. The monoisotopic (exact) mass is 335 g/mol. The lowest BCUT2D eigenvalue weighted by atomic mass is 10.2. The summed E-state index contributed by atoms with van der Waals surface area (Å²) >= 11 is 3.39. The van der Waals surface area contributed by atoms with Gasteiger partial charge in [0, 0.05) is 17.4 Å². The first-order valence-electron chi connectivity index (χ1n) is 6.58. The highest BCUT2D eigenvalue weighted by molar-refractivity contribution is 9.10. The van der Waals surface area contributed by atoms with Crippen LogP contribution in [0.3, 0.4) is 0 Å². The molecule has 0 amide bonds. The number of benzene rings is 2. The maximum Gasteiger partial charge on any atom is 0.119 e. The van der Waals surface area contributed by atoms with Crippen molar-refractivity contribution in [2.45, 2.75) is 13.0 Å². The second-order valence-corrected chi connectivity index (χ2v) is 5.27. The van der Waals surface area contributed by atoms with Crippen LogP contribution in [-0.4, -0.2) is 13.2 Å². The van der Waals surface area contributed by atoms with Gasteiger partial charge in [-0.1, -0.05) is 28.1 Å². The van der Waals surface area contributed by atoms with E-state index in [2.05, 4.69) is 15.9 Å². The largest absolute Gasteiger partial charge is 0.493 e. The number of rotatable bonds is 7. The van der Waals surface area contributed by atoms with Crippen LogP contribution in [0.25, 0.3) is 0 Å². The average Bonchev–Trinajstić information content (AvgIpc) is 2.49. The van der Waals surface area contributed by atoms with Gasteiger partial charge in [0.2, 0.25) is 0 Å². The van der Waals surface area contributed by atoms with E-state index in [1.807, 2.05) is 48.5 Å². The van der Waals surface area contributed by atoms with Crippen LogP contribution >= 0.6 is 15.9 Å². The Morgan fingerprint density at radius 1 is 0.900 bits per heavy atom. The molecule has 0 aliphatic heterocycles. The van der Waals surface area contributed by atoms with E-state index >= 15 is 0 Å². The smallest absolute Gasteiger partial charge is 0.119 e. The van der Waals surface area contributed by atoms with E-state index in [0.29, 0.717) is 19.8 Å². The highest BCUT2D eigenvalue weighted by atomic mass is 79.9. The molecule has 2 aromatic carbocycles. The molecule has 2 rings (SSSR count). The summed E-state index contributed by atoms with van der Waals surface area (Å²) in [6.07, 6.45) is 0.836. The van der Waals surface area contributed by atoms with E-state index in [-0.39, 0.29) is 0 Å². The average molecular weight is 336 g/mol. The van der Waals surface area contributed by atoms with Gasteiger partial charge in [-0.3, -0.25) is 0 Å². The number of hydrogen-bond acceptors (Lipinski definition) is 3. The predicted molar refractivity (Wildman–Crippen MR) is 84.1 cm³/mol. The SMILES string of the molecule is NCc1cccc(OCCCOc2ccc(Br)cc2)c1. The van der Waals surface area contributed by atoms with Gasteiger partial charge in [-0.2, -0.15) is 0 Å². The molecule has 0 aliphatic rings. The van der Waals surface area contributed by atoms with Gasteiger partial charge in [-0.25, -0.2) is 0 Å². The van der Waals surface area contributed by atoms with Gasteiger partial charge in [0.1, 0.15) is 11.5 Å². The van der Waals surface area contributed by atoms with Crippen LogP contribution in [0.15, 0.2) is 53.0 Å². The molecule has 3 nitrogen and oxygen atoms in total. The van der Waals surface area contributed by atoms with Crippen molar-refractivity contribution < 1.29 is 9.47 Å². The molecule has 0 aromatic heterocycles. The molecule has 0 aliphatic carbocycles. The summed E-state index contributed by atoms with van der Waals surface area (Å²) in [5, 5.41) is 0. The summed E-state index contributed by atoms with van der Waals surface area (Å²) < 4.78 is 12.3. The summed E-state index contributed by atoms with van der Waals surface area (Å²) in [6.45, 7) is 1.80. The molecule has 0 unspecified atom stereocenters. The van der Waals surface area contributed by atoms with Crippen molar-refractivity contribution in [3.05, 3.63) is 58.6 Å². The molecule has 2 N–H and O–H groups in total. The Morgan fingerprint density at radius 2 is 1.60 bits per heavy atom. The van der Waals surface area contributed by atoms with Crippen molar-refractivity contribution in [2.24, 2.45) is 5.73 Å². The molecular weight excluding hydrogens is 318 g/mol. The van der Waals surface area contributed by atoms with Crippen LogP contribution in [0, 0.1) is 0 Å². The molecule has 0 spiro atoms. The van der Waals surface area contributed by atoms with E-state index in [4.69, 9.17) is 15.2 Å². The first-order valence-corrected chi connectivity index (χ1v) is 7.37. The topological polar surface area (TPSA) is 44.5 Å². The van der Waals surface area contributed by atoms with Crippen molar-refractivity contribution in [3.63, 3.8) is 0 Å². The third-order valence-corrected chi connectivity index (χ3v) is 3.30. The molecular formula is C16H18BrNO2. The van der Waals surface area contributed by atoms with Crippen LogP contribution in [0.5, 0.6) is 11.5 Å². The highest BCUT2D eigenvalue weighted by Crippen LogP contribution is 2.16. The Hall–Kier alpha value is -1.52. The summed E-state index contributed by atoms with van der Waals surface area (Å²) in [7, 11) is 0. The Bertz CT molecular complexity index is 528. The normalized spacial score (nSPS) is 10.3. The Labute approximate surface area is 127 Å². The van der Waals surface area contributed by atoms with Crippen LogP contribution in [0.2, 0.25) is 0 Å². The molecule has 0 saturated heterocycles. The van der Waals surface area contributed by atoms with Gasteiger partial charge < -0.3 is 15.2 Å². The summed E-state index contributed by atoms with van der Waals surface area (Å²) in [6, 6.07) is 15.7. The standard InChI is InChI=1S/C16H18BrNO2/c17-14-5-7-15(8-6-14)19-9-2-10-20-16-4-1-3-13(11-16)12-18/h1,3-8,11H,2,9-10,12,18H2. The highest BCUT2D eigenvalue weighted by Gasteiger charge is 1.97. The van der Waals surface area contributed by atoms with E-state index in [1.165, 1.54) is 0 Å². The minimum absolute atomic E-state index is 0.532. The fourth-order valence-electron chi connectivity index (χ4n) is 1.73. The van der Waals surface area contributed by atoms with Gasteiger partial charge in [0.25, 0.3) is 0 Å². The van der Waals surface area contributed by atoms with E-state index in [0.717, 1.165) is 28.0 Å². The lowest BCUT2D eigenvalue weighted by Crippen LogP contribution is -2.05. The van der Waals surface area contributed by atoms with Gasteiger partial charge in [-0.15, -0.1) is 0 Å². The molecule has 0 fully saturated rings. The lowest BCUT2D eigenvalue weighted by Gasteiger charge is -2.09. The van der Waals surface area contributed by atoms with Crippen LogP contribution in [0.1, 0.15) is 12.0 Å². The zero-order valence-electron chi connectivity index (χ0n) is 11.2. The van der Waals surface area contributed by atoms with Crippen molar-refractivity contribution in [1.82, 2.24) is 0 Å². The fourth-order valence-corrected chi connectivity index (χ4v) is 2.00. The number of halogens is 1. The van der Waals surface area contributed by atoms with Crippen molar-refractivity contribution in [1.29, 1.82) is 0 Å². The quantitative estimate of drug-likeness (QED) is 0.783. The lowest BCUT2D eigenvalue weighted by molar-refractivity contribution is 0.247. The molecule has 0 saturated carbocycles. The summed E-state index contributed by atoms with van der Waals surface area (Å²) in [4.78, 5) is 0. The number of hydrogen-bond donors (Lipinski definition) is 1. The van der Waals surface area contributed by atoms with Gasteiger partial charge in [-0.05, 0) is 42.0 Å². The van der Waals surface area contributed by atoms with Gasteiger partial charge >= 0.3 is 0 Å². The van der Waals surface area contributed by atoms with Crippen molar-refractivity contribution in [2.75, 3.05) is 13.2 Å². The second kappa shape index (κ2) is 7.92. The van der Waals surface area contributed by atoms with Gasteiger partial charge in [0.15, 0.2) is 0 Å². The zero-order valence-corrected chi connectivity index (χ0v) is 12.8. The summed E-state index contributed by atoms with van der Waals surface area (Å²) in [5.74, 6) is 1.73. The minimum atomic E-state index is 0.532. The van der Waals surface area contributed by atoms with Crippen LogP contribution in [-0.2, 0) is 6.54 Å². The third kappa shape index (κ3) is 4.87. The first kappa shape index (κ1) is 14.9. The maximum atomic E-state index is 5.66. The first-order chi connectivity index (χ1) is 9.78. The predicted octanol–water partition coefficient (Wildman–Crippen LogP) is 3.76. The number of ether oxygens (including phenoxy) is 2. The molecule has 0 heterocycles. The van der Waals surface area contributed by atoms with Crippen molar-refractivity contribution in [3.8, 4) is 11.5 Å². The molecule has 0 atom stereocenters. The van der Waals surface area contributed by atoms with Crippen molar-refractivity contribution >= 4 is 15.9 Å². The van der Waals surface area contributed by atoms with Gasteiger partial charge in [0.05, 0.1) is 13.2 Å². The molecule has 0 radical (unpaired) electrons. The van der Waals surface area contributed by atoms with Crippen LogP contribution < -0.4 is 15.2 Å². The van der Waals surface area contributed by atoms with Crippen LogP contribution in [0.4, 0.5) is 0 Å². The zero-order chi connectivity index (χ0) is 14.2. The van der Waals surface area contributed by atoms with E-state index in [9.17, 15) is 0 Å². The van der Waals surface area contributed by atoms with E-state index < -0.39 is 0 Å². The molecule has 20 heavy (non-hydrogen) atoms. The fraction of sp³-hybridized carbons (Fsp3) is 0.250. The third-order valence-electron chi connectivity index (χ3n) is 2.77. The summed E-state index contributed by atoms with van der Waals surface area (Å²) in [5.41, 5.74) is 6.67. The molecule has 106 valence electrons. The molecule has 4 heteroatoms. The maximum absolute atomic E-state index is 5.66.